The molecule has 1 fully saturated rings. The molecule has 0 saturated heterocycles. The van der Waals surface area contributed by atoms with E-state index in [1.807, 2.05) is 30.3 Å². The van der Waals surface area contributed by atoms with Crippen LogP contribution in [0.25, 0.3) is 0 Å². The Morgan fingerprint density at radius 1 is 0.929 bits per heavy atom. The summed E-state index contributed by atoms with van der Waals surface area (Å²) in [6.45, 7) is -0.697. The number of sulfonamides is 1. The number of halogens is 4. The molecule has 0 aromatic heterocycles. The molecule has 1 atom stereocenters. The van der Waals surface area contributed by atoms with Crippen molar-refractivity contribution in [1.29, 1.82) is 0 Å². The van der Waals surface area contributed by atoms with E-state index in [0.29, 0.717) is 10.6 Å². The molecule has 1 saturated carbocycles. The highest BCUT2D eigenvalue weighted by Crippen LogP contribution is 2.27. The largest absolute Gasteiger partial charge is 0.352 e. The van der Waals surface area contributed by atoms with Gasteiger partial charge in [0.15, 0.2) is 0 Å². The van der Waals surface area contributed by atoms with Gasteiger partial charge in [0, 0.05) is 19.0 Å². The van der Waals surface area contributed by atoms with Gasteiger partial charge in [-0.2, -0.15) is 0 Å². The van der Waals surface area contributed by atoms with Crippen LogP contribution in [0.1, 0.15) is 36.8 Å². The van der Waals surface area contributed by atoms with E-state index < -0.39 is 34.3 Å². The van der Waals surface area contributed by atoms with E-state index in [1.165, 1.54) is 11.0 Å². The van der Waals surface area contributed by atoms with Crippen LogP contribution in [0.3, 0.4) is 0 Å². The quantitative estimate of drug-likeness (QED) is 0.265. The smallest absolute Gasteiger partial charge is 0.244 e. The summed E-state index contributed by atoms with van der Waals surface area (Å²) in [4.78, 5) is 29.3. The molecule has 0 aliphatic heterocycles. The molecule has 3 aromatic carbocycles. The molecule has 0 heterocycles. The molecule has 12 heteroatoms. The van der Waals surface area contributed by atoms with E-state index in [1.54, 1.807) is 18.2 Å². The van der Waals surface area contributed by atoms with E-state index >= 15 is 0 Å². The number of nitrogens with zero attached hydrogens (tertiary/aromatic N) is 2. The predicted octanol–water partition coefficient (Wildman–Crippen LogP) is 6.25. The minimum Gasteiger partial charge on any atom is -0.352 e. The minimum atomic E-state index is -4.02. The van der Waals surface area contributed by atoms with E-state index in [4.69, 9.17) is 34.8 Å². The Morgan fingerprint density at radius 3 is 2.24 bits per heavy atom. The van der Waals surface area contributed by atoms with Crippen LogP contribution in [0.15, 0.2) is 66.7 Å². The molecular weight excluding hydrogens is 624 g/mol. The van der Waals surface area contributed by atoms with Gasteiger partial charge in [-0.3, -0.25) is 13.9 Å². The summed E-state index contributed by atoms with van der Waals surface area (Å²) < 4.78 is 40.4. The van der Waals surface area contributed by atoms with Gasteiger partial charge in [-0.1, -0.05) is 84.0 Å². The van der Waals surface area contributed by atoms with Gasteiger partial charge in [0.2, 0.25) is 21.8 Å². The Morgan fingerprint density at radius 2 is 1.62 bits per heavy atom. The molecule has 0 radical (unpaired) electrons. The van der Waals surface area contributed by atoms with Crippen LogP contribution < -0.4 is 9.62 Å². The van der Waals surface area contributed by atoms with Gasteiger partial charge < -0.3 is 10.2 Å². The average molecular weight is 655 g/mol. The molecule has 4 rings (SSSR count). The second kappa shape index (κ2) is 14.1. The van der Waals surface area contributed by atoms with Crippen molar-refractivity contribution >= 4 is 62.3 Å². The summed E-state index contributed by atoms with van der Waals surface area (Å²) in [6.07, 6.45) is 4.83. The zero-order valence-electron chi connectivity index (χ0n) is 22.9. The van der Waals surface area contributed by atoms with Gasteiger partial charge in [-0.15, -0.1) is 0 Å². The standard InChI is InChI=1S/C30H31Cl3FN3O4S/c1-42(40,41)37(23-12-14-27(34)26(33)17-23)19-29(38)36(18-21-11-13-24(31)25(32)15-21)28(16-20-7-3-2-4-8-20)30(39)35-22-9-5-6-10-22/h2-4,7-8,11-15,17,22,28H,5-6,9-10,16,18-19H2,1H3,(H,35,39). The molecule has 3 aromatic rings. The number of carbonyl (C=O) groups excluding carboxylic acids is 2. The van der Waals surface area contributed by atoms with Gasteiger partial charge in [-0.05, 0) is 54.3 Å². The highest BCUT2D eigenvalue weighted by atomic mass is 35.5. The van der Waals surface area contributed by atoms with Crippen molar-refractivity contribution < 1.29 is 22.4 Å². The lowest BCUT2D eigenvalue weighted by Gasteiger charge is -2.34. The van der Waals surface area contributed by atoms with Crippen LogP contribution in [-0.2, 0) is 32.6 Å². The van der Waals surface area contributed by atoms with Crippen molar-refractivity contribution in [1.82, 2.24) is 10.2 Å². The number of amides is 2. The summed E-state index contributed by atoms with van der Waals surface area (Å²) in [5.74, 6) is -1.71. The van der Waals surface area contributed by atoms with Gasteiger partial charge in [0.05, 0.1) is 27.0 Å². The predicted molar refractivity (Wildman–Crippen MR) is 165 cm³/mol. The van der Waals surface area contributed by atoms with Crippen molar-refractivity contribution in [2.75, 3.05) is 17.1 Å². The molecule has 0 spiro atoms. The topological polar surface area (TPSA) is 86.8 Å². The molecular formula is C30H31Cl3FN3O4S. The first-order valence-electron chi connectivity index (χ1n) is 13.4. The summed E-state index contributed by atoms with van der Waals surface area (Å²) >= 11 is 18.3. The zero-order valence-corrected chi connectivity index (χ0v) is 26.0. The Balaban J connectivity index is 1.74. The van der Waals surface area contributed by atoms with Crippen molar-refractivity contribution in [3.63, 3.8) is 0 Å². The van der Waals surface area contributed by atoms with Crippen molar-refractivity contribution in [3.05, 3.63) is 98.7 Å². The zero-order chi connectivity index (χ0) is 30.4. The fourth-order valence-corrected chi connectivity index (χ4v) is 6.35. The molecule has 1 aliphatic rings. The van der Waals surface area contributed by atoms with Crippen molar-refractivity contribution in [3.8, 4) is 0 Å². The molecule has 1 N–H and O–H groups in total. The molecule has 7 nitrogen and oxygen atoms in total. The third-order valence-electron chi connectivity index (χ3n) is 7.18. The Bertz CT molecular complexity index is 1540. The summed E-state index contributed by atoms with van der Waals surface area (Å²) in [5.41, 5.74) is 1.43. The van der Waals surface area contributed by atoms with E-state index in [9.17, 15) is 22.4 Å². The third kappa shape index (κ3) is 8.37. The highest BCUT2D eigenvalue weighted by molar-refractivity contribution is 7.92. The normalized spacial score (nSPS) is 14.4. The van der Waals surface area contributed by atoms with Crippen LogP contribution >= 0.6 is 34.8 Å². The Kier molecular flexibility index (Phi) is 10.8. The van der Waals surface area contributed by atoms with Crippen LogP contribution in [0, 0.1) is 5.82 Å². The van der Waals surface area contributed by atoms with E-state index in [-0.39, 0.29) is 40.6 Å². The number of anilines is 1. The van der Waals surface area contributed by atoms with Gasteiger partial charge in [0.1, 0.15) is 18.4 Å². The van der Waals surface area contributed by atoms with E-state index in [0.717, 1.165) is 53.9 Å². The molecule has 1 aliphatic carbocycles. The maximum atomic E-state index is 14.1. The number of carbonyl (C=O) groups is 2. The first-order chi connectivity index (χ1) is 19.9. The lowest BCUT2D eigenvalue weighted by atomic mass is 10.0. The van der Waals surface area contributed by atoms with Crippen LogP contribution in [0.2, 0.25) is 15.1 Å². The SMILES string of the molecule is CS(=O)(=O)N(CC(=O)N(Cc1ccc(Cl)c(Cl)c1)C(Cc1ccccc1)C(=O)NC1CCCC1)c1ccc(F)c(Cl)c1. The lowest BCUT2D eigenvalue weighted by Crippen LogP contribution is -2.54. The fraction of sp³-hybridized carbons (Fsp3) is 0.333. The average Bonchev–Trinajstić information content (AvgIpc) is 3.45. The number of hydrogen-bond acceptors (Lipinski definition) is 4. The van der Waals surface area contributed by atoms with Gasteiger partial charge in [-0.25, -0.2) is 12.8 Å². The Hall–Kier alpha value is -2.85. The second-order valence-electron chi connectivity index (χ2n) is 10.3. The first-order valence-corrected chi connectivity index (χ1v) is 16.4. The summed E-state index contributed by atoms with van der Waals surface area (Å²) in [6, 6.07) is 16.6. The molecule has 42 heavy (non-hydrogen) atoms. The summed E-state index contributed by atoms with van der Waals surface area (Å²) in [7, 11) is -4.02. The first kappa shape index (κ1) is 32.1. The van der Waals surface area contributed by atoms with Crippen LogP contribution in [-0.4, -0.2) is 50.0 Å². The van der Waals surface area contributed by atoms with Crippen LogP contribution in [0.5, 0.6) is 0 Å². The molecule has 224 valence electrons. The van der Waals surface area contributed by atoms with E-state index in [2.05, 4.69) is 5.32 Å². The second-order valence-corrected chi connectivity index (χ2v) is 13.5. The molecule has 0 bridgehead atoms. The van der Waals surface area contributed by atoms with Gasteiger partial charge in [0.25, 0.3) is 0 Å². The maximum Gasteiger partial charge on any atom is 0.244 e. The summed E-state index contributed by atoms with van der Waals surface area (Å²) in [5, 5.41) is 3.41. The number of nitrogens with one attached hydrogen (secondary N) is 1. The monoisotopic (exact) mass is 653 g/mol. The maximum absolute atomic E-state index is 14.1. The minimum absolute atomic E-state index is 0.00780. The number of benzene rings is 3. The van der Waals surface area contributed by atoms with Crippen molar-refractivity contribution in [2.45, 2.75) is 50.7 Å². The lowest BCUT2D eigenvalue weighted by molar-refractivity contribution is -0.140. The van der Waals surface area contributed by atoms with Gasteiger partial charge >= 0.3 is 0 Å². The molecule has 2 amide bonds. The fourth-order valence-electron chi connectivity index (χ4n) is 5.01. The van der Waals surface area contributed by atoms with Crippen LogP contribution in [0.4, 0.5) is 10.1 Å². The highest BCUT2D eigenvalue weighted by Gasteiger charge is 2.34. The third-order valence-corrected chi connectivity index (χ3v) is 9.35. The Labute approximate surface area is 260 Å². The molecule has 1 unspecified atom stereocenters. The number of rotatable bonds is 11. The number of hydrogen-bond donors (Lipinski definition) is 1. The van der Waals surface area contributed by atoms with Crippen molar-refractivity contribution in [2.24, 2.45) is 0 Å².